The number of aryl methyl sites for hydroxylation is 1. The Morgan fingerprint density at radius 3 is 3.06 bits per heavy atom. The quantitative estimate of drug-likeness (QED) is 0.793. The topological polar surface area (TPSA) is 56.3 Å². The fourth-order valence-electron chi connectivity index (χ4n) is 2.32. The van der Waals surface area contributed by atoms with Crippen molar-refractivity contribution in [1.82, 2.24) is 14.5 Å². The molecule has 0 radical (unpaired) electrons. The average Bonchev–Trinajstić information content (AvgIpc) is 2.69. The monoisotopic (exact) mass is 224 g/mol. The number of imidazole rings is 1. The Morgan fingerprint density at radius 1 is 1.69 bits per heavy atom. The van der Waals surface area contributed by atoms with Gasteiger partial charge in [-0.05, 0) is 6.92 Å². The minimum absolute atomic E-state index is 0.242. The van der Waals surface area contributed by atoms with E-state index in [9.17, 15) is 0 Å². The van der Waals surface area contributed by atoms with Gasteiger partial charge in [-0.3, -0.25) is 4.90 Å². The smallest absolute Gasteiger partial charge is 0.0946 e. The van der Waals surface area contributed by atoms with Gasteiger partial charge < -0.3 is 15.0 Å². The SMILES string of the molecule is CC1COCCN1C(CN)c1cncn1C. The van der Waals surface area contributed by atoms with E-state index < -0.39 is 0 Å². The van der Waals surface area contributed by atoms with Crippen LogP contribution in [0.1, 0.15) is 18.7 Å². The minimum atomic E-state index is 0.242. The van der Waals surface area contributed by atoms with Crippen LogP contribution in [0.25, 0.3) is 0 Å². The largest absolute Gasteiger partial charge is 0.379 e. The number of aromatic nitrogens is 2. The second-order valence-corrected chi connectivity index (χ2v) is 4.34. The summed E-state index contributed by atoms with van der Waals surface area (Å²) in [6.45, 7) is 5.31. The summed E-state index contributed by atoms with van der Waals surface area (Å²) in [5.41, 5.74) is 7.08. The third-order valence-electron chi connectivity index (χ3n) is 3.24. The van der Waals surface area contributed by atoms with Gasteiger partial charge in [0, 0.05) is 32.4 Å². The molecule has 2 atom stereocenters. The first-order valence-corrected chi connectivity index (χ1v) is 5.73. The minimum Gasteiger partial charge on any atom is -0.379 e. The fraction of sp³-hybridized carbons (Fsp3) is 0.727. The van der Waals surface area contributed by atoms with Gasteiger partial charge >= 0.3 is 0 Å². The molecule has 0 saturated carbocycles. The Kier molecular flexibility index (Phi) is 3.58. The zero-order chi connectivity index (χ0) is 11.5. The van der Waals surface area contributed by atoms with Crippen molar-refractivity contribution in [2.45, 2.75) is 19.0 Å². The summed E-state index contributed by atoms with van der Waals surface area (Å²) >= 11 is 0. The number of hydrogen-bond donors (Lipinski definition) is 1. The molecule has 5 nitrogen and oxygen atoms in total. The van der Waals surface area contributed by atoms with E-state index >= 15 is 0 Å². The fourth-order valence-corrected chi connectivity index (χ4v) is 2.32. The van der Waals surface area contributed by atoms with Crippen LogP contribution in [0.2, 0.25) is 0 Å². The van der Waals surface area contributed by atoms with Crippen LogP contribution in [-0.4, -0.2) is 46.8 Å². The van der Waals surface area contributed by atoms with Crippen LogP contribution in [0.15, 0.2) is 12.5 Å². The number of hydrogen-bond acceptors (Lipinski definition) is 4. The van der Waals surface area contributed by atoms with Gasteiger partial charge in [0.05, 0.1) is 31.3 Å². The van der Waals surface area contributed by atoms with E-state index in [0.717, 1.165) is 19.8 Å². The highest BCUT2D eigenvalue weighted by Crippen LogP contribution is 2.23. The highest BCUT2D eigenvalue weighted by Gasteiger charge is 2.28. The van der Waals surface area contributed by atoms with Crippen molar-refractivity contribution in [3.8, 4) is 0 Å². The van der Waals surface area contributed by atoms with Crippen molar-refractivity contribution in [2.75, 3.05) is 26.3 Å². The van der Waals surface area contributed by atoms with Gasteiger partial charge in [0.25, 0.3) is 0 Å². The predicted octanol–water partition coefficient (Wildman–Crippen LogP) is 0.141. The molecule has 0 amide bonds. The van der Waals surface area contributed by atoms with E-state index in [1.54, 1.807) is 0 Å². The zero-order valence-electron chi connectivity index (χ0n) is 9.97. The molecule has 2 rings (SSSR count). The molecule has 2 heterocycles. The van der Waals surface area contributed by atoms with Crippen LogP contribution >= 0.6 is 0 Å². The molecule has 1 fully saturated rings. The standard InChI is InChI=1S/C11H20N4O/c1-9-7-16-4-3-15(9)10(5-12)11-6-13-8-14(11)2/h6,8-10H,3-5,7,12H2,1-2H3. The first kappa shape index (κ1) is 11.6. The molecule has 5 heteroatoms. The second-order valence-electron chi connectivity index (χ2n) is 4.34. The second kappa shape index (κ2) is 4.95. The maximum absolute atomic E-state index is 5.90. The third-order valence-corrected chi connectivity index (χ3v) is 3.24. The molecule has 0 spiro atoms. The summed E-state index contributed by atoms with van der Waals surface area (Å²) in [6.07, 6.45) is 3.73. The number of nitrogens with zero attached hydrogens (tertiary/aromatic N) is 3. The lowest BCUT2D eigenvalue weighted by Gasteiger charge is -2.38. The molecule has 1 aliphatic rings. The number of morpholine rings is 1. The van der Waals surface area contributed by atoms with Gasteiger partial charge in [0.1, 0.15) is 0 Å². The highest BCUT2D eigenvalue weighted by molar-refractivity contribution is 5.07. The van der Waals surface area contributed by atoms with Crippen LogP contribution in [-0.2, 0) is 11.8 Å². The van der Waals surface area contributed by atoms with Crippen LogP contribution in [0.4, 0.5) is 0 Å². The molecule has 1 saturated heterocycles. The van der Waals surface area contributed by atoms with E-state index in [-0.39, 0.29) is 6.04 Å². The number of nitrogens with two attached hydrogens (primary N) is 1. The van der Waals surface area contributed by atoms with Crippen molar-refractivity contribution in [1.29, 1.82) is 0 Å². The van der Waals surface area contributed by atoms with E-state index in [0.29, 0.717) is 12.6 Å². The number of ether oxygens (including phenoxy) is 1. The third kappa shape index (κ3) is 2.11. The Hall–Kier alpha value is -0.910. The molecule has 2 N–H and O–H groups in total. The van der Waals surface area contributed by atoms with Gasteiger partial charge in [0.2, 0.25) is 0 Å². The molecular weight excluding hydrogens is 204 g/mol. The first-order chi connectivity index (χ1) is 7.74. The van der Waals surface area contributed by atoms with Gasteiger partial charge in [-0.15, -0.1) is 0 Å². The summed E-state index contributed by atoms with van der Waals surface area (Å²) in [5, 5.41) is 0. The molecule has 2 unspecified atom stereocenters. The van der Waals surface area contributed by atoms with Crippen molar-refractivity contribution in [3.63, 3.8) is 0 Å². The summed E-state index contributed by atoms with van der Waals surface area (Å²) in [4.78, 5) is 6.56. The molecule has 1 aromatic heterocycles. The van der Waals surface area contributed by atoms with Crippen LogP contribution < -0.4 is 5.73 Å². The van der Waals surface area contributed by atoms with E-state index in [1.165, 1.54) is 5.69 Å². The predicted molar refractivity (Wildman–Crippen MR) is 62.0 cm³/mol. The molecule has 1 aliphatic heterocycles. The highest BCUT2D eigenvalue weighted by atomic mass is 16.5. The summed E-state index contributed by atoms with van der Waals surface area (Å²) in [6, 6.07) is 0.656. The average molecular weight is 224 g/mol. The molecule has 1 aromatic rings. The van der Waals surface area contributed by atoms with E-state index in [4.69, 9.17) is 10.5 Å². The summed E-state index contributed by atoms with van der Waals surface area (Å²) in [5.74, 6) is 0. The molecule has 0 aromatic carbocycles. The lowest BCUT2D eigenvalue weighted by atomic mass is 10.1. The molecular formula is C11H20N4O. The number of rotatable bonds is 3. The Labute approximate surface area is 96.2 Å². The van der Waals surface area contributed by atoms with Crippen LogP contribution in [0.3, 0.4) is 0 Å². The molecule has 0 bridgehead atoms. The van der Waals surface area contributed by atoms with E-state index in [2.05, 4.69) is 16.8 Å². The Balaban J connectivity index is 2.18. The lowest BCUT2D eigenvalue weighted by molar-refractivity contribution is -0.0222. The van der Waals surface area contributed by atoms with E-state index in [1.807, 2.05) is 24.1 Å². The van der Waals surface area contributed by atoms with Crippen molar-refractivity contribution in [2.24, 2.45) is 12.8 Å². The molecule has 90 valence electrons. The molecule has 16 heavy (non-hydrogen) atoms. The maximum Gasteiger partial charge on any atom is 0.0946 e. The van der Waals surface area contributed by atoms with Crippen LogP contribution in [0.5, 0.6) is 0 Å². The normalized spacial score (nSPS) is 24.6. The van der Waals surface area contributed by atoms with Crippen molar-refractivity contribution < 1.29 is 4.74 Å². The van der Waals surface area contributed by atoms with Crippen molar-refractivity contribution in [3.05, 3.63) is 18.2 Å². The maximum atomic E-state index is 5.90. The zero-order valence-corrected chi connectivity index (χ0v) is 9.97. The van der Waals surface area contributed by atoms with Crippen molar-refractivity contribution >= 4 is 0 Å². The Bertz CT molecular complexity index is 338. The summed E-state index contributed by atoms with van der Waals surface area (Å²) < 4.78 is 7.49. The first-order valence-electron chi connectivity index (χ1n) is 5.73. The van der Waals surface area contributed by atoms with Gasteiger partial charge in [-0.25, -0.2) is 4.98 Å². The lowest BCUT2D eigenvalue weighted by Crippen LogP contribution is -2.48. The van der Waals surface area contributed by atoms with Gasteiger partial charge in [-0.1, -0.05) is 0 Å². The molecule has 0 aliphatic carbocycles. The summed E-state index contributed by atoms with van der Waals surface area (Å²) in [7, 11) is 2.01. The van der Waals surface area contributed by atoms with Gasteiger partial charge in [0.15, 0.2) is 0 Å². The Morgan fingerprint density at radius 2 is 2.50 bits per heavy atom. The van der Waals surface area contributed by atoms with Gasteiger partial charge in [-0.2, -0.15) is 0 Å². The van der Waals surface area contributed by atoms with Crippen LogP contribution in [0, 0.1) is 0 Å².